The van der Waals surface area contributed by atoms with Crippen molar-refractivity contribution in [1.29, 1.82) is 0 Å². The fourth-order valence-corrected chi connectivity index (χ4v) is 2.48. The molecule has 3 nitrogen and oxygen atoms in total. The standard InChI is InChI=1S/C16H25FN2O/c1-13(2)19-9-10-20-16(12-19)11-18-8-7-14-3-5-15(17)6-4-14/h3-6,13,16,18H,7-12H2,1-2H3. The summed E-state index contributed by atoms with van der Waals surface area (Å²) in [5.74, 6) is -0.175. The maximum atomic E-state index is 12.8. The lowest BCUT2D eigenvalue weighted by Gasteiger charge is -2.35. The molecule has 0 amide bonds. The molecule has 1 atom stereocenters. The van der Waals surface area contributed by atoms with Gasteiger partial charge in [-0.3, -0.25) is 4.90 Å². The van der Waals surface area contributed by atoms with Crippen molar-refractivity contribution < 1.29 is 9.13 Å². The van der Waals surface area contributed by atoms with E-state index in [-0.39, 0.29) is 11.9 Å². The van der Waals surface area contributed by atoms with Gasteiger partial charge in [0.15, 0.2) is 0 Å². The fraction of sp³-hybridized carbons (Fsp3) is 0.625. The molecule has 1 aromatic rings. The number of benzene rings is 1. The Kier molecular flexibility index (Phi) is 5.95. The summed E-state index contributed by atoms with van der Waals surface area (Å²) < 4.78 is 18.6. The number of halogens is 1. The lowest BCUT2D eigenvalue weighted by atomic mass is 10.1. The first-order valence-electron chi connectivity index (χ1n) is 7.46. The molecule has 0 bridgehead atoms. The van der Waals surface area contributed by atoms with Gasteiger partial charge in [-0.2, -0.15) is 0 Å². The highest BCUT2D eigenvalue weighted by molar-refractivity contribution is 5.16. The summed E-state index contributed by atoms with van der Waals surface area (Å²) in [5, 5.41) is 3.43. The zero-order valence-electron chi connectivity index (χ0n) is 12.4. The van der Waals surface area contributed by atoms with Gasteiger partial charge in [0.2, 0.25) is 0 Å². The first-order chi connectivity index (χ1) is 9.65. The SMILES string of the molecule is CC(C)N1CCOC(CNCCc2ccc(F)cc2)C1. The molecule has 0 saturated carbocycles. The number of rotatable bonds is 6. The third-order valence-electron chi connectivity index (χ3n) is 3.78. The molecule has 1 aliphatic rings. The highest BCUT2D eigenvalue weighted by Crippen LogP contribution is 2.08. The van der Waals surface area contributed by atoms with Crippen LogP contribution in [0.25, 0.3) is 0 Å². The maximum Gasteiger partial charge on any atom is 0.123 e. The molecule has 4 heteroatoms. The van der Waals surface area contributed by atoms with Gasteiger partial charge in [0.05, 0.1) is 12.7 Å². The van der Waals surface area contributed by atoms with Crippen molar-refractivity contribution in [1.82, 2.24) is 10.2 Å². The molecule has 1 saturated heterocycles. The lowest BCUT2D eigenvalue weighted by Crippen LogP contribution is -2.49. The molecule has 112 valence electrons. The van der Waals surface area contributed by atoms with Crippen LogP contribution in [-0.4, -0.2) is 49.8 Å². The van der Waals surface area contributed by atoms with E-state index in [9.17, 15) is 4.39 Å². The van der Waals surface area contributed by atoms with E-state index < -0.39 is 0 Å². The first-order valence-corrected chi connectivity index (χ1v) is 7.46. The summed E-state index contributed by atoms with van der Waals surface area (Å²) in [5.41, 5.74) is 1.16. The van der Waals surface area contributed by atoms with Crippen LogP contribution in [0.2, 0.25) is 0 Å². The topological polar surface area (TPSA) is 24.5 Å². The van der Waals surface area contributed by atoms with Gasteiger partial charge in [0, 0.05) is 25.7 Å². The van der Waals surface area contributed by atoms with Crippen LogP contribution in [0.4, 0.5) is 4.39 Å². The second kappa shape index (κ2) is 7.72. The van der Waals surface area contributed by atoms with E-state index in [4.69, 9.17) is 4.74 Å². The Balaban J connectivity index is 1.64. The number of morpholine rings is 1. The molecule has 0 spiro atoms. The van der Waals surface area contributed by atoms with Gasteiger partial charge in [-0.15, -0.1) is 0 Å². The number of hydrogen-bond donors (Lipinski definition) is 1. The van der Waals surface area contributed by atoms with Crippen molar-refractivity contribution in [3.63, 3.8) is 0 Å². The summed E-state index contributed by atoms with van der Waals surface area (Å²) in [4.78, 5) is 2.45. The van der Waals surface area contributed by atoms with Crippen LogP contribution in [0.5, 0.6) is 0 Å². The maximum absolute atomic E-state index is 12.8. The molecule has 1 N–H and O–H groups in total. The molecule has 1 aliphatic heterocycles. The molecule has 2 rings (SSSR count). The smallest absolute Gasteiger partial charge is 0.123 e. The molecule has 0 aliphatic carbocycles. The van der Waals surface area contributed by atoms with Crippen LogP contribution in [0, 0.1) is 5.82 Å². The van der Waals surface area contributed by atoms with E-state index in [1.807, 2.05) is 12.1 Å². The van der Waals surface area contributed by atoms with Crippen LogP contribution in [0.15, 0.2) is 24.3 Å². The van der Waals surface area contributed by atoms with Crippen LogP contribution in [-0.2, 0) is 11.2 Å². The minimum atomic E-state index is -0.175. The third-order valence-corrected chi connectivity index (χ3v) is 3.78. The highest BCUT2D eigenvalue weighted by atomic mass is 19.1. The Morgan fingerprint density at radius 3 is 2.80 bits per heavy atom. The van der Waals surface area contributed by atoms with E-state index in [0.717, 1.165) is 44.8 Å². The Morgan fingerprint density at radius 2 is 2.10 bits per heavy atom. The quantitative estimate of drug-likeness (QED) is 0.807. The normalized spacial score (nSPS) is 20.5. The molecule has 0 aromatic heterocycles. The summed E-state index contributed by atoms with van der Waals surface area (Å²) in [6.45, 7) is 9.08. The van der Waals surface area contributed by atoms with Gasteiger partial charge < -0.3 is 10.1 Å². The summed E-state index contributed by atoms with van der Waals surface area (Å²) in [6.07, 6.45) is 1.19. The fourth-order valence-electron chi connectivity index (χ4n) is 2.48. The number of nitrogens with zero attached hydrogens (tertiary/aromatic N) is 1. The van der Waals surface area contributed by atoms with Gasteiger partial charge in [0.1, 0.15) is 5.82 Å². The van der Waals surface area contributed by atoms with Crippen molar-refractivity contribution in [2.45, 2.75) is 32.4 Å². The molecule has 20 heavy (non-hydrogen) atoms. The van der Waals surface area contributed by atoms with Crippen molar-refractivity contribution in [3.8, 4) is 0 Å². The van der Waals surface area contributed by atoms with E-state index in [1.165, 1.54) is 12.1 Å². The predicted molar refractivity (Wildman–Crippen MR) is 79.4 cm³/mol. The van der Waals surface area contributed by atoms with Crippen molar-refractivity contribution >= 4 is 0 Å². The van der Waals surface area contributed by atoms with Crippen LogP contribution in [0.1, 0.15) is 19.4 Å². The summed E-state index contributed by atoms with van der Waals surface area (Å²) >= 11 is 0. The average Bonchev–Trinajstić information content (AvgIpc) is 2.46. The number of hydrogen-bond acceptors (Lipinski definition) is 3. The van der Waals surface area contributed by atoms with E-state index in [2.05, 4.69) is 24.1 Å². The zero-order chi connectivity index (χ0) is 14.4. The highest BCUT2D eigenvalue weighted by Gasteiger charge is 2.21. The molecular weight excluding hydrogens is 255 g/mol. The molecule has 1 unspecified atom stereocenters. The summed E-state index contributed by atoms with van der Waals surface area (Å²) in [7, 11) is 0. The van der Waals surface area contributed by atoms with Gasteiger partial charge in [-0.1, -0.05) is 12.1 Å². The van der Waals surface area contributed by atoms with E-state index in [0.29, 0.717) is 6.04 Å². The Morgan fingerprint density at radius 1 is 1.35 bits per heavy atom. The van der Waals surface area contributed by atoms with Gasteiger partial charge >= 0.3 is 0 Å². The number of nitrogens with one attached hydrogen (secondary N) is 1. The van der Waals surface area contributed by atoms with Crippen LogP contribution < -0.4 is 5.32 Å². The Hall–Kier alpha value is -0.970. The lowest BCUT2D eigenvalue weighted by molar-refractivity contribution is -0.0370. The molecule has 0 radical (unpaired) electrons. The van der Waals surface area contributed by atoms with E-state index in [1.54, 1.807) is 0 Å². The van der Waals surface area contributed by atoms with Crippen molar-refractivity contribution in [3.05, 3.63) is 35.6 Å². The Labute approximate surface area is 121 Å². The van der Waals surface area contributed by atoms with E-state index >= 15 is 0 Å². The monoisotopic (exact) mass is 280 g/mol. The molecule has 1 fully saturated rings. The second-order valence-corrected chi connectivity index (χ2v) is 5.66. The van der Waals surface area contributed by atoms with Gasteiger partial charge in [-0.25, -0.2) is 4.39 Å². The Bertz CT molecular complexity index is 394. The second-order valence-electron chi connectivity index (χ2n) is 5.66. The molecular formula is C16H25FN2O. The van der Waals surface area contributed by atoms with Crippen molar-refractivity contribution in [2.24, 2.45) is 0 Å². The third kappa shape index (κ3) is 4.85. The average molecular weight is 280 g/mol. The largest absolute Gasteiger partial charge is 0.374 e. The minimum Gasteiger partial charge on any atom is -0.374 e. The van der Waals surface area contributed by atoms with Crippen LogP contribution >= 0.6 is 0 Å². The molecule has 1 aromatic carbocycles. The number of ether oxygens (including phenoxy) is 1. The minimum absolute atomic E-state index is 0.175. The molecule has 1 heterocycles. The zero-order valence-corrected chi connectivity index (χ0v) is 12.4. The van der Waals surface area contributed by atoms with Crippen molar-refractivity contribution in [2.75, 3.05) is 32.8 Å². The first kappa shape index (κ1) is 15.4. The predicted octanol–water partition coefficient (Wildman–Crippen LogP) is 2.07. The van der Waals surface area contributed by atoms with Crippen LogP contribution in [0.3, 0.4) is 0 Å². The van der Waals surface area contributed by atoms with Gasteiger partial charge in [-0.05, 0) is 44.5 Å². The van der Waals surface area contributed by atoms with Gasteiger partial charge in [0.25, 0.3) is 0 Å². The summed E-state index contributed by atoms with van der Waals surface area (Å²) in [6, 6.07) is 7.30.